The van der Waals surface area contributed by atoms with E-state index in [-0.39, 0.29) is 28.8 Å². The van der Waals surface area contributed by atoms with Gasteiger partial charge in [-0.1, -0.05) is 41.9 Å². The number of halogens is 1. The Hall–Kier alpha value is -1.90. The first-order valence-electron chi connectivity index (χ1n) is 7.68. The first-order chi connectivity index (χ1) is 11.8. The Labute approximate surface area is 152 Å². The highest BCUT2D eigenvalue weighted by molar-refractivity contribution is 7.89. The van der Waals surface area contributed by atoms with Crippen molar-refractivity contribution < 1.29 is 17.9 Å². The summed E-state index contributed by atoms with van der Waals surface area (Å²) in [5.41, 5.74) is 1.06. The van der Waals surface area contributed by atoms with Crippen LogP contribution in [-0.4, -0.2) is 36.8 Å². The number of hydrogen-bond donors (Lipinski definition) is 1. The van der Waals surface area contributed by atoms with Crippen molar-refractivity contribution in [2.75, 3.05) is 6.61 Å². The van der Waals surface area contributed by atoms with Gasteiger partial charge in [-0.2, -0.15) is 9.82 Å². The Morgan fingerprint density at radius 2 is 2.00 bits per heavy atom. The smallest absolute Gasteiger partial charge is 0.324 e. The zero-order valence-electron chi connectivity index (χ0n) is 14.2. The van der Waals surface area contributed by atoms with Crippen LogP contribution in [0.4, 0.5) is 0 Å². The van der Waals surface area contributed by atoms with Gasteiger partial charge in [0, 0.05) is 7.05 Å². The highest BCUT2D eigenvalue weighted by Crippen LogP contribution is 2.24. The Morgan fingerprint density at radius 3 is 2.52 bits per heavy atom. The number of carbonyl (C=O) groups is 1. The van der Waals surface area contributed by atoms with Gasteiger partial charge in [-0.05, 0) is 25.8 Å². The Balaban J connectivity index is 2.33. The first-order valence-corrected chi connectivity index (χ1v) is 9.54. The van der Waals surface area contributed by atoms with Crippen molar-refractivity contribution in [1.29, 1.82) is 0 Å². The Morgan fingerprint density at radius 1 is 1.36 bits per heavy atom. The van der Waals surface area contributed by atoms with Gasteiger partial charge >= 0.3 is 5.97 Å². The summed E-state index contributed by atoms with van der Waals surface area (Å²) in [6, 6.07) is 8.02. The van der Waals surface area contributed by atoms with Crippen LogP contribution in [0.3, 0.4) is 0 Å². The predicted molar refractivity (Wildman–Crippen MR) is 93.8 cm³/mol. The molecule has 2 rings (SSSR count). The van der Waals surface area contributed by atoms with Gasteiger partial charge in [0.25, 0.3) is 0 Å². The van der Waals surface area contributed by atoms with Gasteiger partial charge in [0.1, 0.15) is 16.1 Å². The summed E-state index contributed by atoms with van der Waals surface area (Å²) in [5.74, 6) is -0.646. The molecule has 1 aromatic carbocycles. The molecule has 25 heavy (non-hydrogen) atoms. The number of ether oxygens (including phenoxy) is 1. The summed E-state index contributed by atoms with van der Waals surface area (Å²) < 4.78 is 34.1. The molecule has 2 aromatic rings. The van der Waals surface area contributed by atoms with Crippen LogP contribution in [0.15, 0.2) is 35.2 Å². The summed E-state index contributed by atoms with van der Waals surface area (Å²) >= 11 is 6.05. The highest BCUT2D eigenvalue weighted by Gasteiger charge is 2.31. The standard InChI is InChI=1S/C16H20ClN3O4S/c1-4-24-16(21)13(10-12-8-6-5-7-9-12)19-25(22,23)14-11(2)18-20(3)15(14)17/h5-9,13,19H,4,10H2,1-3H3. The summed E-state index contributed by atoms with van der Waals surface area (Å²) in [7, 11) is -2.51. The fourth-order valence-corrected chi connectivity index (χ4v) is 4.36. The highest BCUT2D eigenvalue weighted by atomic mass is 35.5. The molecule has 0 amide bonds. The largest absolute Gasteiger partial charge is 0.465 e. The first kappa shape index (κ1) is 19.4. The molecule has 0 fully saturated rings. The number of sulfonamides is 1. The molecule has 1 unspecified atom stereocenters. The molecule has 0 saturated heterocycles. The van der Waals surface area contributed by atoms with Crippen LogP contribution in [-0.2, 0) is 33.0 Å². The van der Waals surface area contributed by atoms with Crippen molar-refractivity contribution >= 4 is 27.6 Å². The second-order valence-electron chi connectivity index (χ2n) is 5.44. The Kier molecular flexibility index (Phi) is 6.21. The molecule has 0 spiro atoms. The van der Waals surface area contributed by atoms with Gasteiger partial charge in [0.15, 0.2) is 0 Å². The molecular weight excluding hydrogens is 366 g/mol. The third-order valence-electron chi connectivity index (χ3n) is 3.52. The average molecular weight is 386 g/mol. The molecule has 0 aliphatic rings. The lowest BCUT2D eigenvalue weighted by Crippen LogP contribution is -2.43. The van der Waals surface area contributed by atoms with Crippen LogP contribution >= 0.6 is 11.6 Å². The normalized spacial score (nSPS) is 12.8. The van der Waals surface area contributed by atoms with Crippen molar-refractivity contribution in [2.24, 2.45) is 7.05 Å². The minimum absolute atomic E-state index is 0.0210. The fraction of sp³-hybridized carbons (Fsp3) is 0.375. The molecule has 0 aliphatic carbocycles. The van der Waals surface area contributed by atoms with Crippen molar-refractivity contribution in [2.45, 2.75) is 31.2 Å². The van der Waals surface area contributed by atoms with E-state index in [9.17, 15) is 13.2 Å². The van der Waals surface area contributed by atoms with Crippen molar-refractivity contribution in [3.63, 3.8) is 0 Å². The van der Waals surface area contributed by atoms with E-state index < -0.39 is 22.0 Å². The third-order valence-corrected chi connectivity index (χ3v) is 5.69. The Bertz CT molecular complexity index is 850. The number of esters is 1. The molecule has 0 radical (unpaired) electrons. The number of nitrogens with zero attached hydrogens (tertiary/aromatic N) is 2. The molecule has 0 aliphatic heterocycles. The molecule has 0 bridgehead atoms. The predicted octanol–water partition coefficient (Wildman–Crippen LogP) is 1.83. The molecule has 1 N–H and O–H groups in total. The van der Waals surface area contributed by atoms with E-state index in [1.54, 1.807) is 14.0 Å². The lowest BCUT2D eigenvalue weighted by Gasteiger charge is -2.17. The lowest BCUT2D eigenvalue weighted by molar-refractivity contribution is -0.145. The maximum Gasteiger partial charge on any atom is 0.324 e. The van der Waals surface area contributed by atoms with E-state index in [4.69, 9.17) is 16.3 Å². The lowest BCUT2D eigenvalue weighted by atomic mass is 10.1. The topological polar surface area (TPSA) is 90.3 Å². The van der Waals surface area contributed by atoms with Crippen LogP contribution in [0.5, 0.6) is 0 Å². The van der Waals surface area contributed by atoms with Gasteiger partial charge in [-0.15, -0.1) is 0 Å². The summed E-state index contributed by atoms with van der Waals surface area (Å²) in [4.78, 5) is 12.1. The van der Waals surface area contributed by atoms with Gasteiger partial charge < -0.3 is 4.74 Å². The van der Waals surface area contributed by atoms with Crippen molar-refractivity contribution in [3.8, 4) is 0 Å². The van der Waals surface area contributed by atoms with Crippen LogP contribution in [0.1, 0.15) is 18.2 Å². The van der Waals surface area contributed by atoms with Gasteiger partial charge in [-0.3, -0.25) is 9.48 Å². The number of hydrogen-bond acceptors (Lipinski definition) is 5. The van der Waals surface area contributed by atoms with Gasteiger partial charge in [0.2, 0.25) is 10.0 Å². The molecule has 9 heteroatoms. The maximum absolute atomic E-state index is 12.7. The average Bonchev–Trinajstić information content (AvgIpc) is 2.81. The van der Waals surface area contributed by atoms with Crippen molar-refractivity contribution in [1.82, 2.24) is 14.5 Å². The van der Waals surface area contributed by atoms with Crippen molar-refractivity contribution in [3.05, 3.63) is 46.7 Å². The number of rotatable bonds is 7. The minimum atomic E-state index is -4.05. The maximum atomic E-state index is 12.7. The zero-order valence-corrected chi connectivity index (χ0v) is 15.8. The molecule has 7 nitrogen and oxygen atoms in total. The number of benzene rings is 1. The summed E-state index contributed by atoms with van der Waals surface area (Å²) in [6.07, 6.45) is 0.163. The van der Waals surface area contributed by atoms with Crippen LogP contribution in [0.2, 0.25) is 5.15 Å². The molecule has 0 saturated carbocycles. The van der Waals surface area contributed by atoms with E-state index >= 15 is 0 Å². The van der Waals surface area contributed by atoms with Crippen LogP contribution in [0.25, 0.3) is 0 Å². The van der Waals surface area contributed by atoms with Crippen LogP contribution < -0.4 is 4.72 Å². The van der Waals surface area contributed by atoms with E-state index in [0.29, 0.717) is 0 Å². The molecule has 1 atom stereocenters. The fourth-order valence-electron chi connectivity index (χ4n) is 2.43. The molecule has 1 aromatic heterocycles. The number of aryl methyl sites for hydroxylation is 2. The number of aromatic nitrogens is 2. The van der Waals surface area contributed by atoms with Gasteiger partial charge in [-0.25, -0.2) is 8.42 Å². The second-order valence-corrected chi connectivity index (χ2v) is 7.45. The monoisotopic (exact) mass is 385 g/mol. The van der Waals surface area contributed by atoms with E-state index in [0.717, 1.165) is 5.56 Å². The molecule has 136 valence electrons. The zero-order chi connectivity index (χ0) is 18.6. The summed E-state index contributed by atoms with van der Waals surface area (Å²) in [5, 5.41) is 3.98. The molecule has 1 heterocycles. The SMILES string of the molecule is CCOC(=O)C(Cc1ccccc1)NS(=O)(=O)c1c(C)nn(C)c1Cl. The number of carbonyl (C=O) groups excluding carboxylic acids is 1. The van der Waals surface area contributed by atoms with Crippen LogP contribution in [0, 0.1) is 6.92 Å². The molecular formula is C16H20ClN3O4S. The van der Waals surface area contributed by atoms with Gasteiger partial charge in [0.05, 0.1) is 12.3 Å². The minimum Gasteiger partial charge on any atom is -0.465 e. The quantitative estimate of drug-likeness (QED) is 0.734. The van der Waals surface area contributed by atoms with E-state index in [2.05, 4.69) is 9.82 Å². The van der Waals surface area contributed by atoms with E-state index in [1.807, 2.05) is 30.3 Å². The van der Waals surface area contributed by atoms with E-state index in [1.165, 1.54) is 11.6 Å². The number of nitrogens with one attached hydrogen (secondary N) is 1. The second kappa shape index (κ2) is 7.99. The summed E-state index contributed by atoms with van der Waals surface area (Å²) in [6.45, 7) is 3.35. The third kappa shape index (κ3) is 4.59.